The maximum absolute atomic E-state index is 11.7. The number of esters is 1. The number of benzene rings is 1. The molecule has 0 radical (unpaired) electrons. The molecule has 0 aliphatic rings. The highest BCUT2D eigenvalue weighted by Gasteiger charge is 2.29. The van der Waals surface area contributed by atoms with Gasteiger partial charge in [-0.3, -0.25) is 4.79 Å². The van der Waals surface area contributed by atoms with E-state index in [1.165, 1.54) is 0 Å². The van der Waals surface area contributed by atoms with Gasteiger partial charge in [0.15, 0.2) is 0 Å². The second kappa shape index (κ2) is 11.4. The van der Waals surface area contributed by atoms with Crippen molar-refractivity contribution in [1.29, 1.82) is 0 Å². The monoisotopic (exact) mass is 332 g/mol. The third kappa shape index (κ3) is 7.58. The van der Waals surface area contributed by atoms with Gasteiger partial charge in [-0.05, 0) is 24.7 Å². The van der Waals surface area contributed by atoms with E-state index in [0.717, 1.165) is 17.1 Å². The lowest BCUT2D eigenvalue weighted by molar-refractivity contribution is -0.141. The van der Waals surface area contributed by atoms with Crippen LogP contribution < -0.4 is 0 Å². The second-order valence-corrected chi connectivity index (χ2v) is 5.73. The van der Waals surface area contributed by atoms with Crippen LogP contribution in [0.5, 0.6) is 0 Å². The van der Waals surface area contributed by atoms with E-state index in [-0.39, 0.29) is 13.0 Å². The SMILES string of the molecule is CCOC(=O)C(=[N+]=[N-])C(=O)CCCSC/C=C/c1ccccc1. The highest BCUT2D eigenvalue weighted by Crippen LogP contribution is 2.08. The lowest BCUT2D eigenvalue weighted by Gasteiger charge is -1.98. The highest BCUT2D eigenvalue weighted by atomic mass is 32.2. The Morgan fingerprint density at radius 3 is 2.70 bits per heavy atom. The van der Waals surface area contributed by atoms with Gasteiger partial charge in [0.25, 0.3) is 5.78 Å². The van der Waals surface area contributed by atoms with Crippen LogP contribution in [0, 0.1) is 0 Å². The maximum Gasteiger partial charge on any atom is 0.441 e. The number of hydrogen-bond donors (Lipinski definition) is 0. The van der Waals surface area contributed by atoms with Crippen LogP contribution in [0.4, 0.5) is 0 Å². The number of nitrogens with zero attached hydrogens (tertiary/aromatic N) is 2. The van der Waals surface area contributed by atoms with Gasteiger partial charge in [-0.25, -0.2) is 4.79 Å². The quantitative estimate of drug-likeness (QED) is 0.165. The zero-order chi connectivity index (χ0) is 16.9. The molecular formula is C17H20N2O3S. The van der Waals surface area contributed by atoms with E-state index in [0.29, 0.717) is 6.42 Å². The molecule has 0 aliphatic heterocycles. The number of thioether (sulfide) groups is 1. The number of hydrogen-bond acceptors (Lipinski definition) is 4. The minimum atomic E-state index is -0.876. The predicted molar refractivity (Wildman–Crippen MR) is 92.3 cm³/mol. The van der Waals surface area contributed by atoms with E-state index in [2.05, 4.69) is 21.7 Å². The number of ketones is 1. The molecule has 23 heavy (non-hydrogen) atoms. The first kappa shape index (κ1) is 18.9. The Kier molecular flexibility index (Phi) is 9.36. The van der Waals surface area contributed by atoms with E-state index in [9.17, 15) is 9.59 Å². The van der Waals surface area contributed by atoms with Crippen molar-refractivity contribution in [2.45, 2.75) is 19.8 Å². The van der Waals surface area contributed by atoms with Crippen LogP contribution in [-0.2, 0) is 14.3 Å². The van der Waals surface area contributed by atoms with Crippen LogP contribution in [0.25, 0.3) is 11.6 Å². The number of rotatable bonds is 10. The molecule has 0 aliphatic carbocycles. The lowest BCUT2D eigenvalue weighted by Crippen LogP contribution is -2.27. The summed E-state index contributed by atoms with van der Waals surface area (Å²) < 4.78 is 4.65. The molecule has 5 nitrogen and oxygen atoms in total. The molecular weight excluding hydrogens is 312 g/mol. The highest BCUT2D eigenvalue weighted by molar-refractivity contribution is 7.99. The van der Waals surface area contributed by atoms with Crippen molar-refractivity contribution in [3.05, 3.63) is 47.5 Å². The van der Waals surface area contributed by atoms with Crippen molar-refractivity contribution in [1.82, 2.24) is 0 Å². The summed E-state index contributed by atoms with van der Waals surface area (Å²) in [5.74, 6) is 0.263. The summed E-state index contributed by atoms with van der Waals surface area (Å²) in [6.07, 6.45) is 4.89. The largest absolute Gasteiger partial charge is 0.457 e. The first-order valence-corrected chi connectivity index (χ1v) is 8.56. The Bertz CT molecular complexity index is 593. The molecule has 0 heterocycles. The fourth-order valence-corrected chi connectivity index (χ4v) is 2.51. The fourth-order valence-electron chi connectivity index (χ4n) is 1.76. The van der Waals surface area contributed by atoms with Crippen molar-refractivity contribution in [2.75, 3.05) is 18.1 Å². The summed E-state index contributed by atoms with van der Waals surface area (Å²) in [6.45, 7) is 1.76. The molecule has 0 saturated carbocycles. The molecule has 0 fully saturated rings. The van der Waals surface area contributed by atoms with Crippen molar-refractivity contribution in [3.63, 3.8) is 0 Å². The molecule has 0 N–H and O–H groups in total. The van der Waals surface area contributed by atoms with E-state index >= 15 is 0 Å². The Morgan fingerprint density at radius 1 is 1.30 bits per heavy atom. The topological polar surface area (TPSA) is 79.8 Å². The minimum Gasteiger partial charge on any atom is -0.457 e. The normalized spacial score (nSPS) is 10.3. The summed E-state index contributed by atoms with van der Waals surface area (Å²) >= 11 is 1.69. The van der Waals surface area contributed by atoms with Gasteiger partial charge in [0.2, 0.25) is 0 Å². The number of ether oxygens (including phenoxy) is 1. The number of carbonyl (C=O) groups is 2. The summed E-state index contributed by atoms with van der Waals surface area (Å²) in [5, 5.41) is 0. The Hall–Kier alpha value is -2.17. The molecule has 0 saturated heterocycles. The van der Waals surface area contributed by atoms with Crippen molar-refractivity contribution >= 4 is 35.3 Å². The third-order valence-electron chi connectivity index (χ3n) is 2.85. The minimum absolute atomic E-state index is 0.134. The standard InChI is InChI=1S/C17H20N2O3S/c1-2-22-17(21)16(19-18)15(20)11-7-13-23-12-6-10-14-8-4-3-5-9-14/h3-6,8-10H,2,7,11-13H2,1H3/b10-6+. The van der Waals surface area contributed by atoms with Gasteiger partial charge >= 0.3 is 11.7 Å². The number of carbonyl (C=O) groups excluding carboxylic acids is 2. The smallest absolute Gasteiger partial charge is 0.441 e. The first-order chi connectivity index (χ1) is 11.2. The Labute approximate surface area is 140 Å². The van der Waals surface area contributed by atoms with E-state index in [1.54, 1.807) is 18.7 Å². The molecule has 1 aromatic rings. The van der Waals surface area contributed by atoms with Crippen LogP contribution >= 0.6 is 11.8 Å². The third-order valence-corrected chi connectivity index (χ3v) is 3.85. The molecule has 0 unspecified atom stereocenters. The fraction of sp³-hybridized carbons (Fsp3) is 0.353. The van der Waals surface area contributed by atoms with Crippen LogP contribution in [0.2, 0.25) is 0 Å². The van der Waals surface area contributed by atoms with Gasteiger partial charge < -0.3 is 10.3 Å². The maximum atomic E-state index is 11.7. The van der Waals surface area contributed by atoms with Gasteiger partial charge in [0, 0.05) is 12.2 Å². The van der Waals surface area contributed by atoms with Gasteiger partial charge in [-0.2, -0.15) is 16.6 Å². The molecule has 0 bridgehead atoms. The number of Topliss-reactive ketones (excluding diaryl/α,β-unsaturated/α-hetero) is 1. The van der Waals surface area contributed by atoms with Gasteiger partial charge in [-0.15, -0.1) is 0 Å². The van der Waals surface area contributed by atoms with Crippen molar-refractivity contribution in [3.8, 4) is 0 Å². The summed E-state index contributed by atoms with van der Waals surface area (Å²) in [5.41, 5.74) is 9.35. The molecule has 1 rings (SSSR count). The lowest BCUT2D eigenvalue weighted by atomic mass is 10.1. The van der Waals surface area contributed by atoms with Crippen molar-refractivity contribution < 1.29 is 19.1 Å². The predicted octanol–water partition coefficient (Wildman–Crippen LogP) is 3.02. The molecule has 0 aromatic heterocycles. The van der Waals surface area contributed by atoms with E-state index < -0.39 is 17.5 Å². The zero-order valence-electron chi connectivity index (χ0n) is 13.1. The van der Waals surface area contributed by atoms with Crippen molar-refractivity contribution in [2.24, 2.45) is 0 Å². The second-order valence-electron chi connectivity index (χ2n) is 4.58. The van der Waals surface area contributed by atoms with Gasteiger partial charge in [0.1, 0.15) is 0 Å². The summed E-state index contributed by atoms with van der Waals surface area (Å²) in [6, 6.07) is 10.0. The first-order valence-electron chi connectivity index (χ1n) is 7.40. The summed E-state index contributed by atoms with van der Waals surface area (Å²) in [7, 11) is 0. The molecule has 122 valence electrons. The van der Waals surface area contributed by atoms with E-state index in [1.807, 2.05) is 30.3 Å². The average molecular weight is 332 g/mol. The Balaban J connectivity index is 2.21. The van der Waals surface area contributed by atoms with Crippen LogP contribution in [0.15, 0.2) is 36.4 Å². The zero-order valence-corrected chi connectivity index (χ0v) is 13.9. The van der Waals surface area contributed by atoms with Gasteiger partial charge in [-0.1, -0.05) is 42.5 Å². The molecule has 0 amide bonds. The van der Waals surface area contributed by atoms with Crippen LogP contribution in [0.1, 0.15) is 25.3 Å². The molecule has 0 spiro atoms. The summed E-state index contributed by atoms with van der Waals surface area (Å²) in [4.78, 5) is 25.9. The van der Waals surface area contributed by atoms with Crippen LogP contribution in [-0.4, -0.2) is 40.4 Å². The van der Waals surface area contributed by atoms with E-state index in [4.69, 9.17) is 5.53 Å². The molecule has 6 heteroatoms. The molecule has 1 aromatic carbocycles. The van der Waals surface area contributed by atoms with Gasteiger partial charge in [0.05, 0.1) is 6.61 Å². The average Bonchev–Trinajstić information content (AvgIpc) is 2.56. The Morgan fingerprint density at radius 2 is 2.04 bits per heavy atom. The molecule has 0 atom stereocenters. The van der Waals surface area contributed by atoms with Crippen LogP contribution in [0.3, 0.4) is 0 Å².